The first-order chi connectivity index (χ1) is 9.81. The van der Waals surface area contributed by atoms with Gasteiger partial charge >= 0.3 is 0 Å². The molecule has 0 N–H and O–H groups in total. The number of benzene rings is 2. The molecule has 0 unspecified atom stereocenters. The van der Waals surface area contributed by atoms with E-state index < -0.39 is 0 Å². The van der Waals surface area contributed by atoms with Crippen LogP contribution in [0.5, 0.6) is 5.75 Å². The normalized spacial score (nSPS) is 10.2. The highest BCUT2D eigenvalue weighted by atomic mass is 16.5. The van der Waals surface area contributed by atoms with Gasteiger partial charge < -0.3 is 4.74 Å². The van der Waals surface area contributed by atoms with E-state index in [-0.39, 0.29) is 5.78 Å². The molecule has 2 heteroatoms. The number of hydrogen-bond acceptors (Lipinski definition) is 2. The molecule has 2 aromatic rings. The molecular formula is C18H20O2. The molecule has 0 fully saturated rings. The van der Waals surface area contributed by atoms with Crippen molar-refractivity contribution in [3.63, 3.8) is 0 Å². The lowest BCUT2D eigenvalue weighted by molar-refractivity contribution is 0.0973. The lowest BCUT2D eigenvalue weighted by Gasteiger charge is -2.09. The second-order valence-corrected chi connectivity index (χ2v) is 4.70. The highest BCUT2D eigenvalue weighted by molar-refractivity contribution is 5.95. The van der Waals surface area contributed by atoms with Gasteiger partial charge in [-0.05, 0) is 24.5 Å². The molecule has 0 aliphatic rings. The molecule has 0 atom stereocenters. The first-order valence-electron chi connectivity index (χ1n) is 7.10. The van der Waals surface area contributed by atoms with Crippen LogP contribution < -0.4 is 4.74 Å². The Morgan fingerprint density at radius 1 is 1.00 bits per heavy atom. The van der Waals surface area contributed by atoms with Crippen LogP contribution in [0.2, 0.25) is 0 Å². The predicted octanol–water partition coefficient (Wildman–Crippen LogP) is 4.29. The molecular weight excluding hydrogens is 248 g/mol. The Kier molecular flexibility index (Phi) is 5.36. The number of carbonyl (C=O) groups excluding carboxylic acids is 1. The molecule has 0 aromatic heterocycles. The molecule has 104 valence electrons. The van der Waals surface area contributed by atoms with Gasteiger partial charge in [-0.3, -0.25) is 4.79 Å². The molecule has 0 saturated carbocycles. The number of hydrogen-bond donors (Lipinski definition) is 0. The smallest absolute Gasteiger partial charge is 0.163 e. The van der Waals surface area contributed by atoms with Crippen LogP contribution in [0.4, 0.5) is 0 Å². The van der Waals surface area contributed by atoms with Crippen molar-refractivity contribution in [2.24, 2.45) is 0 Å². The van der Waals surface area contributed by atoms with Gasteiger partial charge in [0.05, 0.1) is 6.61 Å². The quantitative estimate of drug-likeness (QED) is 0.553. The molecule has 20 heavy (non-hydrogen) atoms. The standard InChI is InChI=1S/C18H20O2/c1-2-15-9-6-7-13-18(15)20-14-8-12-17(19)16-10-4-3-5-11-16/h3-7,9-11,13H,2,8,12,14H2,1H3. The molecule has 0 heterocycles. The fourth-order valence-corrected chi connectivity index (χ4v) is 2.12. The van der Waals surface area contributed by atoms with E-state index in [1.165, 1.54) is 5.56 Å². The molecule has 2 aromatic carbocycles. The first kappa shape index (κ1) is 14.3. The average Bonchev–Trinajstić information content (AvgIpc) is 2.52. The number of Topliss-reactive ketones (excluding diaryl/α,β-unsaturated/α-hetero) is 1. The zero-order chi connectivity index (χ0) is 14.2. The van der Waals surface area contributed by atoms with Crippen molar-refractivity contribution in [2.45, 2.75) is 26.2 Å². The molecule has 0 saturated heterocycles. The molecule has 0 aliphatic carbocycles. The van der Waals surface area contributed by atoms with E-state index in [0.717, 1.165) is 24.2 Å². The minimum absolute atomic E-state index is 0.179. The van der Waals surface area contributed by atoms with Crippen LogP contribution in [0.1, 0.15) is 35.7 Å². The lowest BCUT2D eigenvalue weighted by atomic mass is 10.1. The Hall–Kier alpha value is -2.09. The molecule has 0 radical (unpaired) electrons. The molecule has 2 rings (SSSR count). The highest BCUT2D eigenvalue weighted by Gasteiger charge is 2.05. The Balaban J connectivity index is 1.78. The number of aryl methyl sites for hydroxylation is 1. The third kappa shape index (κ3) is 3.95. The maximum Gasteiger partial charge on any atom is 0.163 e. The summed E-state index contributed by atoms with van der Waals surface area (Å²) in [6.45, 7) is 2.69. The summed E-state index contributed by atoms with van der Waals surface area (Å²) in [5.74, 6) is 1.11. The van der Waals surface area contributed by atoms with Crippen LogP contribution in [0.3, 0.4) is 0 Å². The number of ether oxygens (including phenoxy) is 1. The summed E-state index contributed by atoms with van der Waals surface area (Å²) < 4.78 is 5.76. The van der Waals surface area contributed by atoms with E-state index in [1.54, 1.807) is 0 Å². The van der Waals surface area contributed by atoms with Gasteiger partial charge in [0.15, 0.2) is 5.78 Å². The van der Waals surface area contributed by atoms with Gasteiger partial charge in [-0.15, -0.1) is 0 Å². The van der Waals surface area contributed by atoms with Gasteiger partial charge in [0.1, 0.15) is 5.75 Å². The molecule has 0 bridgehead atoms. The highest BCUT2D eigenvalue weighted by Crippen LogP contribution is 2.18. The zero-order valence-corrected chi connectivity index (χ0v) is 11.8. The van der Waals surface area contributed by atoms with Crippen molar-refractivity contribution in [2.75, 3.05) is 6.61 Å². The summed E-state index contributed by atoms with van der Waals surface area (Å²) in [6.07, 6.45) is 2.23. The van der Waals surface area contributed by atoms with E-state index in [1.807, 2.05) is 48.5 Å². The number of para-hydroxylation sites is 1. The fourth-order valence-electron chi connectivity index (χ4n) is 2.12. The molecule has 0 spiro atoms. The average molecular weight is 268 g/mol. The van der Waals surface area contributed by atoms with Crippen LogP contribution in [-0.4, -0.2) is 12.4 Å². The van der Waals surface area contributed by atoms with Crippen molar-refractivity contribution < 1.29 is 9.53 Å². The minimum Gasteiger partial charge on any atom is -0.493 e. The summed E-state index contributed by atoms with van der Waals surface area (Å²) in [6, 6.07) is 17.5. The SMILES string of the molecule is CCc1ccccc1OCCCC(=O)c1ccccc1. The summed E-state index contributed by atoms with van der Waals surface area (Å²) >= 11 is 0. The topological polar surface area (TPSA) is 26.3 Å². The second-order valence-electron chi connectivity index (χ2n) is 4.70. The third-order valence-corrected chi connectivity index (χ3v) is 3.26. The number of rotatable bonds is 7. The van der Waals surface area contributed by atoms with Gasteiger partial charge in [-0.1, -0.05) is 55.5 Å². The zero-order valence-electron chi connectivity index (χ0n) is 11.8. The monoisotopic (exact) mass is 268 g/mol. The van der Waals surface area contributed by atoms with Crippen LogP contribution in [0, 0.1) is 0 Å². The van der Waals surface area contributed by atoms with E-state index in [2.05, 4.69) is 13.0 Å². The van der Waals surface area contributed by atoms with E-state index in [4.69, 9.17) is 4.74 Å². The summed E-state index contributed by atoms with van der Waals surface area (Å²) in [7, 11) is 0. The lowest BCUT2D eigenvalue weighted by Crippen LogP contribution is -2.04. The van der Waals surface area contributed by atoms with E-state index in [0.29, 0.717) is 13.0 Å². The Morgan fingerprint density at radius 2 is 1.70 bits per heavy atom. The van der Waals surface area contributed by atoms with E-state index >= 15 is 0 Å². The van der Waals surface area contributed by atoms with Gasteiger partial charge in [0.25, 0.3) is 0 Å². The number of ketones is 1. The Morgan fingerprint density at radius 3 is 2.45 bits per heavy atom. The van der Waals surface area contributed by atoms with Crippen LogP contribution in [-0.2, 0) is 6.42 Å². The summed E-state index contributed by atoms with van der Waals surface area (Å²) in [5.41, 5.74) is 1.99. The maximum absolute atomic E-state index is 11.9. The molecule has 0 amide bonds. The van der Waals surface area contributed by atoms with Crippen molar-refractivity contribution >= 4 is 5.78 Å². The van der Waals surface area contributed by atoms with Crippen LogP contribution >= 0.6 is 0 Å². The van der Waals surface area contributed by atoms with Crippen molar-refractivity contribution in [1.29, 1.82) is 0 Å². The fraction of sp³-hybridized carbons (Fsp3) is 0.278. The third-order valence-electron chi connectivity index (χ3n) is 3.26. The summed E-state index contributed by atoms with van der Waals surface area (Å²) in [4.78, 5) is 11.9. The van der Waals surface area contributed by atoms with Gasteiger partial charge in [0, 0.05) is 12.0 Å². The molecule has 2 nitrogen and oxygen atoms in total. The van der Waals surface area contributed by atoms with Crippen molar-refractivity contribution in [1.82, 2.24) is 0 Å². The van der Waals surface area contributed by atoms with Gasteiger partial charge in [0.2, 0.25) is 0 Å². The van der Waals surface area contributed by atoms with Crippen molar-refractivity contribution in [3.05, 3.63) is 65.7 Å². The minimum atomic E-state index is 0.179. The van der Waals surface area contributed by atoms with Crippen LogP contribution in [0.15, 0.2) is 54.6 Å². The maximum atomic E-state index is 11.9. The number of carbonyl (C=O) groups is 1. The van der Waals surface area contributed by atoms with Gasteiger partial charge in [-0.2, -0.15) is 0 Å². The predicted molar refractivity (Wildman–Crippen MR) is 81.3 cm³/mol. The van der Waals surface area contributed by atoms with Gasteiger partial charge in [-0.25, -0.2) is 0 Å². The van der Waals surface area contributed by atoms with E-state index in [9.17, 15) is 4.79 Å². The first-order valence-corrected chi connectivity index (χ1v) is 7.10. The molecule has 0 aliphatic heterocycles. The largest absolute Gasteiger partial charge is 0.493 e. The van der Waals surface area contributed by atoms with Crippen LogP contribution in [0.25, 0.3) is 0 Å². The van der Waals surface area contributed by atoms with Crippen molar-refractivity contribution in [3.8, 4) is 5.75 Å². The Labute approximate surface area is 120 Å². The second kappa shape index (κ2) is 7.49. The Bertz CT molecular complexity index is 546. The summed E-state index contributed by atoms with van der Waals surface area (Å²) in [5, 5.41) is 0.